The number of ether oxygens (including phenoxy) is 1. The molecule has 0 radical (unpaired) electrons. The number of carbonyl (C=O) groups is 1. The Morgan fingerprint density at radius 3 is 1.18 bits per heavy atom. The van der Waals surface area contributed by atoms with Crippen LogP contribution in [0.4, 0.5) is 0 Å². The molecule has 0 saturated heterocycles. The van der Waals surface area contributed by atoms with Crippen LogP contribution in [0.2, 0.25) is 0 Å². The third-order valence-corrected chi connectivity index (χ3v) is 13.2. The van der Waals surface area contributed by atoms with Gasteiger partial charge in [0.1, 0.15) is 0 Å². The highest BCUT2D eigenvalue weighted by Gasteiger charge is 2.24. The van der Waals surface area contributed by atoms with Crippen molar-refractivity contribution >= 4 is 63.1 Å². The van der Waals surface area contributed by atoms with E-state index in [2.05, 4.69) is 182 Å². The lowest BCUT2D eigenvalue weighted by atomic mass is 9.92. The summed E-state index contributed by atoms with van der Waals surface area (Å²) in [7, 11) is 0. The Kier molecular flexibility index (Phi) is 10.6. The number of H-pyrrole nitrogens is 2. The number of carbonyl (C=O) groups excluding carboxylic acids is 1. The minimum Gasteiger partial charge on any atom is -0.462 e. The van der Waals surface area contributed by atoms with E-state index in [9.17, 15) is 4.79 Å². The zero-order valence-corrected chi connectivity index (χ0v) is 39.5. The van der Waals surface area contributed by atoms with E-state index in [0.717, 1.165) is 94.6 Å². The van der Waals surface area contributed by atoms with Gasteiger partial charge in [0.05, 0.1) is 34.9 Å². The minimum absolute atomic E-state index is 0.274. The fourth-order valence-electron chi connectivity index (χ4n) is 10.9. The molecule has 0 unspecified atom stereocenters. The second-order valence-corrected chi connectivity index (χ2v) is 18.3. The summed E-state index contributed by atoms with van der Waals surface area (Å²) in [6.45, 7) is 21.8. The van der Waals surface area contributed by atoms with E-state index >= 15 is 0 Å². The van der Waals surface area contributed by atoms with Crippen molar-refractivity contribution in [1.82, 2.24) is 19.9 Å². The Morgan fingerprint density at radius 1 is 0.455 bits per heavy atom. The lowest BCUT2D eigenvalue weighted by molar-refractivity contribution is 0.0528. The van der Waals surface area contributed by atoms with Crippen LogP contribution in [0.25, 0.3) is 102 Å². The molecule has 6 nitrogen and oxygen atoms in total. The van der Waals surface area contributed by atoms with Gasteiger partial charge in [-0.1, -0.05) is 83.4 Å². The van der Waals surface area contributed by atoms with Gasteiger partial charge in [-0.3, -0.25) is 0 Å². The van der Waals surface area contributed by atoms with Crippen molar-refractivity contribution in [3.05, 3.63) is 175 Å². The number of aryl methyl sites for hydroxylation is 9. The van der Waals surface area contributed by atoms with Crippen LogP contribution in [-0.4, -0.2) is 32.5 Å². The average molecular weight is 863 g/mol. The molecule has 0 spiro atoms. The molecule has 10 rings (SSSR count). The molecule has 5 heterocycles. The quantitative estimate of drug-likeness (QED) is 0.163. The van der Waals surface area contributed by atoms with Gasteiger partial charge in [-0.25, -0.2) is 14.8 Å². The molecule has 0 amide bonds. The average Bonchev–Trinajstić information content (AvgIpc) is 4.11. The van der Waals surface area contributed by atoms with Gasteiger partial charge in [0.15, 0.2) is 0 Å². The number of benzene rings is 5. The van der Waals surface area contributed by atoms with Crippen molar-refractivity contribution in [2.75, 3.05) is 6.61 Å². The van der Waals surface area contributed by atoms with E-state index in [1.54, 1.807) is 0 Å². The van der Waals surface area contributed by atoms with Crippen LogP contribution in [0.1, 0.15) is 90.1 Å². The fraction of sp³-hybridized carbons (Fsp3) is 0.183. The number of esters is 1. The standard InChI is InChI=1S/C60H54N4O2/c1-11-66-60(65)43-17-13-15-41-14-12-16-42(55(41)43)56-44-18-20-46(61-44)57(52-35(5)26-32(2)27-36(52)6)48-22-24-50(63-48)59(54-39(9)30-34(4)31-40(54)10)51-25-23-49(64-51)58(47-21-19-45(56)62-47)53-37(7)28-33(3)29-38(53)8/h12-31,61,64H,11H2,1-10H3. The van der Waals surface area contributed by atoms with Gasteiger partial charge < -0.3 is 14.7 Å². The van der Waals surface area contributed by atoms with Crippen molar-refractivity contribution in [2.45, 2.75) is 69.2 Å². The smallest absolute Gasteiger partial charge is 0.338 e. The number of hydrogen-bond donors (Lipinski definition) is 2. The summed E-state index contributed by atoms with van der Waals surface area (Å²) in [5, 5.41) is 1.75. The Morgan fingerprint density at radius 2 is 0.803 bits per heavy atom. The predicted molar refractivity (Wildman–Crippen MR) is 277 cm³/mol. The Hall–Kier alpha value is -7.57. The van der Waals surface area contributed by atoms with E-state index < -0.39 is 0 Å². The van der Waals surface area contributed by atoms with E-state index in [1.807, 2.05) is 19.1 Å². The molecule has 8 aromatic rings. The van der Waals surface area contributed by atoms with Crippen molar-refractivity contribution in [3.63, 3.8) is 0 Å². The Balaban J connectivity index is 1.45. The third kappa shape index (κ3) is 7.18. The van der Waals surface area contributed by atoms with Crippen molar-refractivity contribution < 1.29 is 9.53 Å². The molecule has 8 bridgehead atoms. The van der Waals surface area contributed by atoms with Gasteiger partial charge in [0, 0.05) is 49.7 Å². The van der Waals surface area contributed by atoms with Crippen LogP contribution in [0.5, 0.6) is 0 Å². The number of fused-ring (bicyclic) bond motifs is 9. The zero-order chi connectivity index (χ0) is 46.1. The van der Waals surface area contributed by atoms with Crippen LogP contribution in [0, 0.1) is 62.3 Å². The molecular weight excluding hydrogens is 809 g/mol. The van der Waals surface area contributed by atoms with Crippen molar-refractivity contribution in [1.29, 1.82) is 0 Å². The van der Waals surface area contributed by atoms with Crippen LogP contribution < -0.4 is 0 Å². The summed E-state index contributed by atoms with van der Waals surface area (Å²) in [6, 6.07) is 34.3. The highest BCUT2D eigenvalue weighted by atomic mass is 16.5. The Bertz CT molecular complexity index is 3480. The minimum atomic E-state index is -0.359. The highest BCUT2D eigenvalue weighted by molar-refractivity contribution is 6.13. The van der Waals surface area contributed by atoms with Gasteiger partial charge in [-0.2, -0.15) is 0 Å². The van der Waals surface area contributed by atoms with E-state index in [0.29, 0.717) is 5.56 Å². The van der Waals surface area contributed by atoms with Gasteiger partial charge in [-0.05, 0) is 185 Å². The molecule has 0 fully saturated rings. The molecule has 326 valence electrons. The van der Waals surface area contributed by atoms with Crippen LogP contribution in [0.15, 0.2) is 97.1 Å². The molecule has 3 aromatic heterocycles. The second-order valence-electron chi connectivity index (χ2n) is 18.3. The van der Waals surface area contributed by atoms with Crippen LogP contribution >= 0.6 is 0 Å². The zero-order valence-electron chi connectivity index (χ0n) is 39.5. The van der Waals surface area contributed by atoms with E-state index in [-0.39, 0.29) is 12.6 Å². The fourth-order valence-corrected chi connectivity index (χ4v) is 10.9. The number of nitrogens with zero attached hydrogens (tertiary/aromatic N) is 2. The number of rotatable bonds is 6. The first-order chi connectivity index (χ1) is 31.8. The number of aromatic amines is 2. The summed E-state index contributed by atoms with van der Waals surface area (Å²) in [4.78, 5) is 32.9. The molecule has 0 atom stereocenters. The molecule has 0 aliphatic carbocycles. The molecule has 2 N–H and O–H groups in total. The molecule has 5 aromatic carbocycles. The summed E-state index contributed by atoms with van der Waals surface area (Å²) in [6.07, 6.45) is 8.62. The third-order valence-electron chi connectivity index (χ3n) is 13.2. The van der Waals surface area contributed by atoms with Gasteiger partial charge in [0.2, 0.25) is 0 Å². The number of aromatic nitrogens is 4. The van der Waals surface area contributed by atoms with Crippen LogP contribution in [-0.2, 0) is 4.74 Å². The summed E-state index contributed by atoms with van der Waals surface area (Å²) < 4.78 is 5.67. The summed E-state index contributed by atoms with van der Waals surface area (Å²) >= 11 is 0. The molecular formula is C60H54N4O2. The first-order valence-corrected chi connectivity index (χ1v) is 22.9. The summed E-state index contributed by atoms with van der Waals surface area (Å²) in [5.74, 6) is -0.359. The maximum absolute atomic E-state index is 13.8. The first-order valence-electron chi connectivity index (χ1n) is 22.9. The topological polar surface area (TPSA) is 83.7 Å². The summed E-state index contributed by atoms with van der Waals surface area (Å²) in [5.41, 5.74) is 26.6. The lowest BCUT2D eigenvalue weighted by Crippen LogP contribution is -2.06. The van der Waals surface area contributed by atoms with Gasteiger partial charge >= 0.3 is 5.97 Å². The van der Waals surface area contributed by atoms with Crippen molar-refractivity contribution in [3.8, 4) is 44.5 Å². The highest BCUT2D eigenvalue weighted by Crippen LogP contribution is 2.43. The van der Waals surface area contributed by atoms with Crippen molar-refractivity contribution in [2.24, 2.45) is 0 Å². The maximum Gasteiger partial charge on any atom is 0.338 e. The van der Waals surface area contributed by atoms with Crippen LogP contribution in [0.3, 0.4) is 0 Å². The lowest BCUT2D eigenvalue weighted by Gasteiger charge is -2.15. The monoisotopic (exact) mass is 862 g/mol. The SMILES string of the molecule is CCOC(=O)c1cccc2cccc(-c3c4nc(c(-c5c(C)cc(C)cc5C)c5ccc([nH]5)c(-c5c(C)cc(C)cc5C)c5nc(c(-c6c(C)cc(C)cc6C)c6ccc3[nH]6)C=C5)C=C4)c12. The largest absolute Gasteiger partial charge is 0.462 e. The number of nitrogens with one attached hydrogen (secondary N) is 2. The predicted octanol–water partition coefficient (Wildman–Crippen LogP) is 15.4. The first kappa shape index (κ1) is 42.4. The number of hydrogen-bond acceptors (Lipinski definition) is 4. The Labute approximate surface area is 386 Å². The van der Waals surface area contributed by atoms with E-state index in [4.69, 9.17) is 14.7 Å². The van der Waals surface area contributed by atoms with Gasteiger partial charge in [0.25, 0.3) is 0 Å². The molecule has 2 aliphatic heterocycles. The van der Waals surface area contributed by atoms with Gasteiger partial charge in [-0.15, -0.1) is 0 Å². The molecule has 2 aliphatic rings. The molecule has 6 heteroatoms. The maximum atomic E-state index is 13.8. The second kappa shape index (κ2) is 16.5. The normalized spacial score (nSPS) is 12.1. The van der Waals surface area contributed by atoms with E-state index in [1.165, 1.54) is 55.6 Å². The molecule has 0 saturated carbocycles. The molecule has 66 heavy (non-hydrogen) atoms.